The Labute approximate surface area is 127 Å². The van der Waals surface area contributed by atoms with Gasteiger partial charge in [-0.2, -0.15) is 5.10 Å². The number of carbonyl (C=O) groups is 1. The first-order chi connectivity index (χ1) is 10.5. The molecule has 0 radical (unpaired) electrons. The Kier molecular flexibility index (Phi) is 3.81. The zero-order chi connectivity index (χ0) is 15.7. The van der Waals surface area contributed by atoms with Crippen LogP contribution in [-0.4, -0.2) is 31.9 Å². The van der Waals surface area contributed by atoms with Crippen molar-refractivity contribution in [2.24, 2.45) is 13.0 Å². The number of amides is 1. The smallest absolute Gasteiger partial charge is 0.268 e. The molecule has 1 aliphatic rings. The third-order valence-electron chi connectivity index (χ3n) is 4.00. The molecule has 0 spiro atoms. The monoisotopic (exact) mass is 302 g/mol. The predicted molar refractivity (Wildman–Crippen MR) is 79.2 cm³/mol. The average molecular weight is 302 g/mol. The number of aromatic nitrogens is 3. The zero-order valence-corrected chi connectivity index (χ0v) is 12.2. The first-order valence-corrected chi connectivity index (χ1v) is 7.20. The highest BCUT2D eigenvalue weighted by molar-refractivity contribution is 5.92. The quantitative estimate of drug-likeness (QED) is 0.758. The molecule has 7 nitrogen and oxygen atoms in total. The maximum absolute atomic E-state index is 12.3. The number of aliphatic hydroxyl groups excluding tert-OH is 1. The highest BCUT2D eigenvalue weighted by atomic mass is 16.3. The van der Waals surface area contributed by atoms with E-state index in [1.807, 2.05) is 13.2 Å². The fourth-order valence-corrected chi connectivity index (χ4v) is 2.78. The summed E-state index contributed by atoms with van der Waals surface area (Å²) in [5.74, 6) is -0.175. The van der Waals surface area contributed by atoms with E-state index in [9.17, 15) is 14.7 Å². The van der Waals surface area contributed by atoms with Gasteiger partial charge in [-0.3, -0.25) is 14.3 Å². The summed E-state index contributed by atoms with van der Waals surface area (Å²) < 4.78 is 1.67. The Hall–Kier alpha value is -2.41. The molecule has 1 fully saturated rings. The number of nitrogens with zero attached hydrogens (tertiary/aromatic N) is 2. The average Bonchev–Trinajstić information content (AvgIpc) is 2.88. The van der Waals surface area contributed by atoms with E-state index in [1.54, 1.807) is 23.0 Å². The van der Waals surface area contributed by atoms with Crippen LogP contribution in [0.4, 0.5) is 0 Å². The molecule has 2 aromatic heterocycles. The Morgan fingerprint density at radius 3 is 2.86 bits per heavy atom. The van der Waals surface area contributed by atoms with Crippen molar-refractivity contribution in [1.29, 1.82) is 0 Å². The van der Waals surface area contributed by atoms with Crippen LogP contribution in [0.15, 0.2) is 35.4 Å². The van der Waals surface area contributed by atoms with E-state index >= 15 is 0 Å². The minimum Gasteiger partial charge on any atom is -0.393 e. The predicted octanol–water partition coefficient (Wildman–Crippen LogP) is 0.350. The summed E-state index contributed by atoms with van der Waals surface area (Å²) in [6.07, 6.45) is 4.54. The molecule has 1 atom stereocenters. The number of rotatable bonds is 4. The Bertz CT molecular complexity index is 730. The van der Waals surface area contributed by atoms with Gasteiger partial charge in [0.05, 0.1) is 18.3 Å². The standard InChI is InChI=1S/C15H18N4O3/c1-19-8-10(7-16-19)14(9-5-11(20)6-9)18-15(22)12-3-2-4-13(21)17-12/h2-4,7-9,11,14,20H,5-6H2,1H3,(H,17,21)(H,18,22)/t9?,11?,14-/m1/s1. The van der Waals surface area contributed by atoms with Gasteiger partial charge in [0.2, 0.25) is 5.56 Å². The summed E-state index contributed by atoms with van der Waals surface area (Å²) in [4.78, 5) is 26.2. The van der Waals surface area contributed by atoms with Crippen LogP contribution >= 0.6 is 0 Å². The van der Waals surface area contributed by atoms with E-state index in [2.05, 4.69) is 15.4 Å². The molecule has 7 heteroatoms. The van der Waals surface area contributed by atoms with E-state index in [4.69, 9.17) is 0 Å². The lowest BCUT2D eigenvalue weighted by molar-refractivity contribution is 0.0234. The highest BCUT2D eigenvalue weighted by Crippen LogP contribution is 2.38. The lowest BCUT2D eigenvalue weighted by Crippen LogP contribution is -2.41. The van der Waals surface area contributed by atoms with Gasteiger partial charge in [0.1, 0.15) is 5.69 Å². The molecule has 1 saturated carbocycles. The first kappa shape index (κ1) is 14.5. The van der Waals surface area contributed by atoms with Gasteiger partial charge in [-0.15, -0.1) is 0 Å². The summed E-state index contributed by atoms with van der Waals surface area (Å²) in [5, 5.41) is 16.6. The van der Waals surface area contributed by atoms with Crippen molar-refractivity contribution in [3.8, 4) is 0 Å². The number of hydrogen-bond donors (Lipinski definition) is 3. The number of aromatic amines is 1. The molecular weight excluding hydrogens is 284 g/mol. The van der Waals surface area contributed by atoms with Crippen LogP contribution < -0.4 is 10.9 Å². The lowest BCUT2D eigenvalue weighted by Gasteiger charge is -2.37. The number of H-pyrrole nitrogens is 1. The fraction of sp³-hybridized carbons (Fsp3) is 0.400. The fourth-order valence-electron chi connectivity index (χ4n) is 2.78. The second-order valence-electron chi connectivity index (χ2n) is 5.71. The maximum atomic E-state index is 12.3. The molecule has 0 saturated heterocycles. The number of pyridine rings is 1. The first-order valence-electron chi connectivity index (χ1n) is 7.20. The van der Waals surface area contributed by atoms with Crippen molar-refractivity contribution in [2.45, 2.75) is 25.0 Å². The van der Waals surface area contributed by atoms with Crippen molar-refractivity contribution < 1.29 is 9.90 Å². The van der Waals surface area contributed by atoms with Crippen LogP contribution in [0.25, 0.3) is 0 Å². The molecular formula is C15H18N4O3. The van der Waals surface area contributed by atoms with Crippen LogP contribution in [-0.2, 0) is 7.05 Å². The van der Waals surface area contributed by atoms with Crippen LogP contribution in [0, 0.1) is 5.92 Å². The summed E-state index contributed by atoms with van der Waals surface area (Å²) >= 11 is 0. The molecule has 22 heavy (non-hydrogen) atoms. The van der Waals surface area contributed by atoms with Gasteiger partial charge < -0.3 is 15.4 Å². The van der Waals surface area contributed by atoms with E-state index in [-0.39, 0.29) is 35.2 Å². The van der Waals surface area contributed by atoms with Crippen molar-refractivity contribution >= 4 is 5.91 Å². The summed E-state index contributed by atoms with van der Waals surface area (Å²) in [5.41, 5.74) is 0.803. The molecule has 1 amide bonds. The SMILES string of the molecule is Cn1cc([C@H](NC(=O)c2cccc(=O)[nH]2)C2CC(O)C2)cn1. The summed E-state index contributed by atoms with van der Waals surface area (Å²) in [6.45, 7) is 0. The number of nitrogens with one attached hydrogen (secondary N) is 2. The van der Waals surface area contributed by atoms with Gasteiger partial charge in [0, 0.05) is 24.9 Å². The lowest BCUT2D eigenvalue weighted by atomic mass is 9.75. The molecule has 3 N–H and O–H groups in total. The second kappa shape index (κ2) is 5.76. The topological polar surface area (TPSA) is 100 Å². The normalized spacial score (nSPS) is 21.9. The molecule has 3 rings (SSSR count). The summed E-state index contributed by atoms with van der Waals surface area (Å²) in [6, 6.07) is 4.23. The summed E-state index contributed by atoms with van der Waals surface area (Å²) in [7, 11) is 1.81. The molecule has 0 aromatic carbocycles. The largest absolute Gasteiger partial charge is 0.393 e. The Morgan fingerprint density at radius 1 is 1.50 bits per heavy atom. The Morgan fingerprint density at radius 2 is 2.27 bits per heavy atom. The Balaban J connectivity index is 1.81. The van der Waals surface area contributed by atoms with Crippen LogP contribution in [0.1, 0.15) is 34.9 Å². The number of hydrogen-bond acceptors (Lipinski definition) is 4. The zero-order valence-electron chi connectivity index (χ0n) is 12.2. The molecule has 1 aliphatic carbocycles. The van der Waals surface area contributed by atoms with Crippen LogP contribution in [0.3, 0.4) is 0 Å². The van der Waals surface area contributed by atoms with E-state index in [0.29, 0.717) is 12.8 Å². The molecule has 0 unspecified atom stereocenters. The minimum absolute atomic E-state index is 0.165. The number of carbonyl (C=O) groups excluding carboxylic acids is 1. The maximum Gasteiger partial charge on any atom is 0.268 e. The van der Waals surface area contributed by atoms with Crippen molar-refractivity contribution in [3.63, 3.8) is 0 Å². The minimum atomic E-state index is -0.340. The number of aliphatic hydroxyl groups is 1. The van der Waals surface area contributed by atoms with Gasteiger partial charge in [0.25, 0.3) is 5.91 Å². The van der Waals surface area contributed by atoms with Crippen molar-refractivity contribution in [1.82, 2.24) is 20.1 Å². The van der Waals surface area contributed by atoms with Gasteiger partial charge in [-0.1, -0.05) is 6.07 Å². The third kappa shape index (κ3) is 2.94. The van der Waals surface area contributed by atoms with Gasteiger partial charge in [0.15, 0.2) is 0 Å². The van der Waals surface area contributed by atoms with Crippen molar-refractivity contribution in [3.05, 3.63) is 52.2 Å². The van der Waals surface area contributed by atoms with Gasteiger partial charge in [-0.05, 0) is 24.8 Å². The molecule has 2 heterocycles. The second-order valence-corrected chi connectivity index (χ2v) is 5.71. The third-order valence-corrected chi connectivity index (χ3v) is 4.00. The van der Waals surface area contributed by atoms with E-state index < -0.39 is 0 Å². The van der Waals surface area contributed by atoms with Crippen LogP contribution in [0.2, 0.25) is 0 Å². The van der Waals surface area contributed by atoms with Crippen LogP contribution in [0.5, 0.6) is 0 Å². The van der Waals surface area contributed by atoms with Gasteiger partial charge in [-0.25, -0.2) is 0 Å². The highest BCUT2D eigenvalue weighted by Gasteiger charge is 2.36. The van der Waals surface area contributed by atoms with E-state index in [1.165, 1.54) is 6.07 Å². The molecule has 2 aromatic rings. The number of aryl methyl sites for hydroxylation is 1. The molecule has 0 bridgehead atoms. The van der Waals surface area contributed by atoms with E-state index in [0.717, 1.165) is 5.56 Å². The van der Waals surface area contributed by atoms with Crippen molar-refractivity contribution in [2.75, 3.05) is 0 Å². The molecule has 0 aliphatic heterocycles. The molecule has 116 valence electrons. The van der Waals surface area contributed by atoms with Gasteiger partial charge >= 0.3 is 0 Å².